The van der Waals surface area contributed by atoms with Crippen molar-refractivity contribution in [3.8, 4) is 11.5 Å². The first-order chi connectivity index (χ1) is 14.5. The van der Waals surface area contributed by atoms with Crippen LogP contribution in [0.4, 0.5) is 5.69 Å². The zero-order valence-corrected chi connectivity index (χ0v) is 18.5. The summed E-state index contributed by atoms with van der Waals surface area (Å²) in [5, 5.41) is 8.16. The molecule has 1 unspecified atom stereocenters. The van der Waals surface area contributed by atoms with E-state index in [0.29, 0.717) is 12.0 Å². The first-order valence-electron chi connectivity index (χ1n) is 9.36. The van der Waals surface area contributed by atoms with E-state index >= 15 is 0 Å². The van der Waals surface area contributed by atoms with Crippen molar-refractivity contribution in [1.82, 2.24) is 10.2 Å². The van der Waals surface area contributed by atoms with Crippen molar-refractivity contribution in [2.24, 2.45) is 5.73 Å². The molecule has 0 saturated heterocycles. The fourth-order valence-corrected chi connectivity index (χ4v) is 3.50. The number of benzene rings is 2. The lowest BCUT2D eigenvalue weighted by molar-refractivity contribution is 0.0601. The van der Waals surface area contributed by atoms with Gasteiger partial charge < -0.3 is 14.9 Å². The van der Waals surface area contributed by atoms with Crippen LogP contribution in [-0.4, -0.2) is 45.0 Å². The Morgan fingerprint density at radius 1 is 1.19 bits per heavy atom. The molecule has 10 heteroatoms. The van der Waals surface area contributed by atoms with Crippen molar-refractivity contribution in [1.29, 1.82) is 0 Å². The summed E-state index contributed by atoms with van der Waals surface area (Å²) in [6, 6.07) is 14.1. The van der Waals surface area contributed by atoms with Crippen LogP contribution in [0.15, 0.2) is 52.9 Å². The number of carbonyl (C=O) groups excluding carboxylic acids is 1. The number of aromatic nitrogens is 2. The molecule has 2 aromatic carbocycles. The lowest BCUT2D eigenvalue weighted by atomic mass is 9.94. The van der Waals surface area contributed by atoms with E-state index in [1.807, 2.05) is 30.3 Å². The Bertz CT molecular complexity index is 1190. The predicted molar refractivity (Wildman–Crippen MR) is 116 cm³/mol. The van der Waals surface area contributed by atoms with Crippen molar-refractivity contribution in [3.63, 3.8) is 0 Å². The lowest BCUT2D eigenvalue weighted by Crippen LogP contribution is -2.35. The highest BCUT2D eigenvalue weighted by molar-refractivity contribution is 7.92. The van der Waals surface area contributed by atoms with Crippen LogP contribution in [0.2, 0.25) is 0 Å². The molecule has 0 saturated carbocycles. The van der Waals surface area contributed by atoms with Crippen LogP contribution in [0.3, 0.4) is 0 Å². The van der Waals surface area contributed by atoms with Gasteiger partial charge in [-0.2, -0.15) is 0 Å². The molecule has 0 fully saturated rings. The third-order valence-electron chi connectivity index (χ3n) is 4.77. The smallest absolute Gasteiger partial charge is 0.337 e. The van der Waals surface area contributed by atoms with Gasteiger partial charge in [-0.1, -0.05) is 30.3 Å². The Balaban J connectivity index is 2.01. The Labute approximate surface area is 180 Å². The summed E-state index contributed by atoms with van der Waals surface area (Å²) in [6.45, 7) is 1.78. The number of ether oxygens (including phenoxy) is 1. The molecule has 31 heavy (non-hydrogen) atoms. The minimum Gasteiger partial charge on any atom is -0.465 e. The number of sulfonamides is 1. The normalized spacial score (nSPS) is 13.5. The maximum absolute atomic E-state index is 12.1. The summed E-state index contributed by atoms with van der Waals surface area (Å²) < 4.78 is 35.6. The van der Waals surface area contributed by atoms with Crippen molar-refractivity contribution < 1.29 is 22.4 Å². The predicted octanol–water partition coefficient (Wildman–Crippen LogP) is 2.34. The Morgan fingerprint density at radius 2 is 1.87 bits per heavy atom. The van der Waals surface area contributed by atoms with Crippen LogP contribution in [0.25, 0.3) is 11.5 Å². The average Bonchev–Trinajstić information content (AvgIpc) is 3.23. The molecule has 3 rings (SSSR count). The monoisotopic (exact) mass is 444 g/mol. The molecule has 0 amide bonds. The summed E-state index contributed by atoms with van der Waals surface area (Å²) in [7, 11) is -0.942. The number of anilines is 1. The van der Waals surface area contributed by atoms with E-state index in [2.05, 4.69) is 10.2 Å². The zero-order valence-electron chi connectivity index (χ0n) is 17.7. The first-order valence-corrected chi connectivity index (χ1v) is 11.2. The summed E-state index contributed by atoms with van der Waals surface area (Å²) in [5.41, 5.74) is 7.28. The molecule has 0 aliphatic carbocycles. The quantitative estimate of drug-likeness (QED) is 0.550. The van der Waals surface area contributed by atoms with E-state index < -0.39 is 21.5 Å². The molecule has 9 nitrogen and oxygen atoms in total. The summed E-state index contributed by atoms with van der Waals surface area (Å²) in [5.74, 6) is -0.307. The van der Waals surface area contributed by atoms with Crippen molar-refractivity contribution in [2.45, 2.75) is 18.9 Å². The van der Waals surface area contributed by atoms with E-state index in [9.17, 15) is 13.2 Å². The van der Waals surface area contributed by atoms with Gasteiger partial charge in [0.05, 0.1) is 30.2 Å². The molecule has 2 N–H and O–H groups in total. The molecule has 1 heterocycles. The van der Waals surface area contributed by atoms with Crippen molar-refractivity contribution in [3.05, 3.63) is 65.5 Å². The van der Waals surface area contributed by atoms with Gasteiger partial charge in [-0.15, -0.1) is 10.2 Å². The fraction of sp³-hybridized carbons (Fsp3) is 0.286. The van der Waals surface area contributed by atoms with Gasteiger partial charge in [-0.05, 0) is 37.1 Å². The highest BCUT2D eigenvalue weighted by Crippen LogP contribution is 2.30. The number of methoxy groups -OCH3 is 1. The Hall–Kier alpha value is -3.24. The maximum atomic E-state index is 12.1. The molecule has 1 atom stereocenters. The topological polar surface area (TPSA) is 129 Å². The molecule has 0 radical (unpaired) electrons. The second kappa shape index (κ2) is 8.48. The number of rotatable bonds is 7. The molecule has 0 spiro atoms. The second-order valence-corrected chi connectivity index (χ2v) is 9.50. The molecule has 0 aliphatic rings. The van der Waals surface area contributed by atoms with Crippen LogP contribution in [-0.2, 0) is 26.7 Å². The van der Waals surface area contributed by atoms with Gasteiger partial charge in [0.1, 0.15) is 0 Å². The van der Waals surface area contributed by atoms with Gasteiger partial charge in [0.25, 0.3) is 0 Å². The summed E-state index contributed by atoms with van der Waals surface area (Å²) in [6.07, 6.45) is 1.53. The first kappa shape index (κ1) is 22.4. The highest BCUT2D eigenvalue weighted by atomic mass is 32.2. The molecule has 1 aromatic heterocycles. The maximum Gasteiger partial charge on any atom is 0.337 e. The van der Waals surface area contributed by atoms with Crippen LogP contribution in [0.1, 0.15) is 28.7 Å². The molecular formula is C21H24N4O5S. The number of nitrogens with two attached hydrogens (primary N) is 1. The van der Waals surface area contributed by atoms with Gasteiger partial charge in [0.15, 0.2) is 0 Å². The Kier molecular flexibility index (Phi) is 6.14. The number of nitrogens with zero attached hydrogens (tertiary/aromatic N) is 3. The molecule has 0 aliphatic heterocycles. The minimum absolute atomic E-state index is 0.105. The number of carbonyl (C=O) groups is 1. The van der Waals surface area contributed by atoms with E-state index in [0.717, 1.165) is 16.1 Å². The van der Waals surface area contributed by atoms with Crippen LogP contribution in [0.5, 0.6) is 0 Å². The number of esters is 1. The standard InChI is InChI=1S/C21H24N4O5S/c1-21(22,13-14-8-6-5-7-9-14)20-24-23-18(30-20)15-10-16(19(26)29-3)12-17(11-15)25(2)31(4,27)28/h5-12H,13,22H2,1-4H3. The van der Waals surface area contributed by atoms with E-state index in [1.165, 1.54) is 32.4 Å². The van der Waals surface area contributed by atoms with Gasteiger partial charge in [0.2, 0.25) is 21.8 Å². The van der Waals surface area contributed by atoms with Crippen molar-refractivity contribution in [2.75, 3.05) is 24.7 Å². The van der Waals surface area contributed by atoms with Crippen LogP contribution >= 0.6 is 0 Å². The van der Waals surface area contributed by atoms with Gasteiger partial charge in [-0.25, -0.2) is 13.2 Å². The van der Waals surface area contributed by atoms with Gasteiger partial charge in [0, 0.05) is 12.6 Å². The van der Waals surface area contributed by atoms with Crippen molar-refractivity contribution >= 4 is 21.7 Å². The fourth-order valence-electron chi connectivity index (χ4n) is 3.01. The van der Waals surface area contributed by atoms with E-state index in [1.54, 1.807) is 6.92 Å². The lowest BCUT2D eigenvalue weighted by Gasteiger charge is -2.20. The second-order valence-electron chi connectivity index (χ2n) is 7.48. The molecule has 0 bridgehead atoms. The highest BCUT2D eigenvalue weighted by Gasteiger charge is 2.29. The van der Waals surface area contributed by atoms with Gasteiger partial charge in [-0.3, -0.25) is 4.31 Å². The average molecular weight is 445 g/mol. The largest absolute Gasteiger partial charge is 0.465 e. The summed E-state index contributed by atoms with van der Waals surface area (Å²) >= 11 is 0. The Morgan fingerprint density at radius 3 is 2.48 bits per heavy atom. The van der Waals surface area contributed by atoms with Crippen LogP contribution < -0.4 is 10.0 Å². The summed E-state index contributed by atoms with van der Waals surface area (Å²) in [4.78, 5) is 12.1. The van der Waals surface area contributed by atoms with E-state index in [-0.39, 0.29) is 23.0 Å². The van der Waals surface area contributed by atoms with Gasteiger partial charge >= 0.3 is 5.97 Å². The molecule has 3 aromatic rings. The third-order valence-corrected chi connectivity index (χ3v) is 5.98. The third kappa shape index (κ3) is 5.09. The van der Waals surface area contributed by atoms with Crippen LogP contribution in [0, 0.1) is 0 Å². The minimum atomic E-state index is -3.56. The SMILES string of the molecule is COC(=O)c1cc(-c2nnc(C(C)(N)Cc3ccccc3)o2)cc(N(C)S(C)(=O)=O)c1. The molecular weight excluding hydrogens is 420 g/mol. The zero-order chi connectivity index (χ0) is 22.8. The molecule has 164 valence electrons. The number of hydrogen-bond acceptors (Lipinski definition) is 8. The number of hydrogen-bond donors (Lipinski definition) is 1. The van der Waals surface area contributed by atoms with E-state index in [4.69, 9.17) is 14.9 Å².